The van der Waals surface area contributed by atoms with Crippen LogP contribution in [0.4, 0.5) is 18.9 Å². The molecule has 1 aliphatic rings. The molecular weight excluding hydrogens is 469 g/mol. The number of fused-ring (bicyclic) bond motifs is 1. The highest BCUT2D eigenvalue weighted by atomic mass is 32.2. The smallest absolute Gasteiger partial charge is 0.314 e. The Morgan fingerprint density at radius 2 is 1.80 bits per heavy atom. The van der Waals surface area contributed by atoms with E-state index in [9.17, 15) is 18.4 Å². The highest BCUT2D eigenvalue weighted by molar-refractivity contribution is 8.14. The molecule has 178 valence electrons. The second kappa shape index (κ2) is 9.59. The lowest BCUT2D eigenvalue weighted by atomic mass is 9.89. The number of thioether (sulfide) groups is 1. The third kappa shape index (κ3) is 5.75. The zero-order valence-electron chi connectivity index (χ0n) is 19.3. The van der Waals surface area contributed by atoms with E-state index in [0.717, 1.165) is 47.3 Å². The minimum Gasteiger partial charge on any atom is -0.314 e. The van der Waals surface area contributed by atoms with Crippen LogP contribution < -0.4 is 4.90 Å². The molecule has 2 aromatic carbocycles. The maximum absolute atomic E-state index is 12.8. The van der Waals surface area contributed by atoms with Gasteiger partial charge in [0, 0.05) is 34.1 Å². The highest BCUT2D eigenvalue weighted by Gasteiger charge is 2.30. The van der Waals surface area contributed by atoms with Crippen molar-refractivity contribution in [2.75, 3.05) is 4.90 Å². The van der Waals surface area contributed by atoms with Crippen LogP contribution in [0.25, 0.3) is 10.9 Å². The van der Waals surface area contributed by atoms with E-state index < -0.39 is 11.7 Å². The number of aryl methyl sites for hydroxylation is 1. The molecule has 0 saturated heterocycles. The third-order valence-electron chi connectivity index (χ3n) is 5.66. The van der Waals surface area contributed by atoms with Gasteiger partial charge in [-0.1, -0.05) is 24.4 Å². The van der Waals surface area contributed by atoms with E-state index >= 15 is 0 Å². The minimum atomic E-state index is -4.37. The maximum atomic E-state index is 12.8. The number of nitrogens with zero attached hydrogens (tertiary/aromatic N) is 4. The Balaban J connectivity index is 1.49. The second-order valence-electron chi connectivity index (χ2n) is 8.85. The summed E-state index contributed by atoms with van der Waals surface area (Å²) in [4.78, 5) is 11.6. The Bertz CT molecular complexity index is 1370. The highest BCUT2D eigenvalue weighted by Crippen LogP contribution is 2.34. The first-order valence-electron chi connectivity index (χ1n) is 10.9. The van der Waals surface area contributed by atoms with Crippen molar-refractivity contribution in [1.82, 2.24) is 4.98 Å². The molecule has 1 aliphatic heterocycles. The molecule has 4 nitrogen and oxygen atoms in total. The number of benzene rings is 2. The molecule has 0 atom stereocenters. The van der Waals surface area contributed by atoms with Gasteiger partial charge in [-0.2, -0.15) is 18.4 Å². The number of halogens is 3. The summed E-state index contributed by atoms with van der Waals surface area (Å²) < 4.78 is 38.5. The number of hydrogen-bond acceptors (Lipinski definition) is 5. The first kappa shape index (κ1) is 24.6. The van der Waals surface area contributed by atoms with Crippen LogP contribution in [0.2, 0.25) is 0 Å². The molecule has 0 bridgehead atoms. The van der Waals surface area contributed by atoms with Gasteiger partial charge in [-0.05, 0) is 75.2 Å². The van der Waals surface area contributed by atoms with Gasteiger partial charge in [0.25, 0.3) is 0 Å². The number of alkyl halides is 3. The van der Waals surface area contributed by atoms with Gasteiger partial charge in [0.1, 0.15) is 5.04 Å². The molecule has 8 heteroatoms. The van der Waals surface area contributed by atoms with Crippen molar-refractivity contribution in [3.8, 4) is 6.07 Å². The zero-order valence-corrected chi connectivity index (χ0v) is 20.1. The normalized spacial score (nSPS) is 14.2. The predicted octanol–water partition coefficient (Wildman–Crippen LogP) is 7.73. The SMILES string of the molecule is C=C1C(Sc2ccc(C(F)(F)F)cc2)=NC=CN1c1ccc2nc(CCC(C)(C)C#N)ccc2c1. The van der Waals surface area contributed by atoms with E-state index in [-0.39, 0.29) is 5.41 Å². The molecule has 0 aliphatic carbocycles. The van der Waals surface area contributed by atoms with Crippen molar-refractivity contribution in [2.24, 2.45) is 10.4 Å². The summed E-state index contributed by atoms with van der Waals surface area (Å²) in [5, 5.41) is 10.8. The number of hydrogen-bond donors (Lipinski definition) is 0. The molecule has 1 aromatic heterocycles. The summed E-state index contributed by atoms with van der Waals surface area (Å²) in [6.07, 6.45) is 0.533. The van der Waals surface area contributed by atoms with Gasteiger partial charge in [0.05, 0.1) is 28.3 Å². The molecule has 0 saturated carbocycles. The van der Waals surface area contributed by atoms with Gasteiger partial charge in [0.2, 0.25) is 0 Å². The van der Waals surface area contributed by atoms with Crippen molar-refractivity contribution in [1.29, 1.82) is 5.26 Å². The molecule has 0 N–H and O–H groups in total. The number of rotatable bonds is 5. The summed E-state index contributed by atoms with van der Waals surface area (Å²) in [5.41, 5.74) is 2.23. The lowest BCUT2D eigenvalue weighted by molar-refractivity contribution is -0.137. The molecule has 2 heterocycles. The van der Waals surface area contributed by atoms with Crippen LogP contribution in [0.5, 0.6) is 0 Å². The molecule has 4 rings (SSSR count). The van der Waals surface area contributed by atoms with Crippen LogP contribution in [0.3, 0.4) is 0 Å². The molecular formula is C27H23F3N4S. The fourth-order valence-electron chi connectivity index (χ4n) is 3.53. The number of aliphatic imine (C=N–C) groups is 1. The third-order valence-corrected chi connectivity index (χ3v) is 6.70. The van der Waals surface area contributed by atoms with Gasteiger partial charge < -0.3 is 4.90 Å². The molecule has 0 radical (unpaired) electrons. The van der Waals surface area contributed by atoms with Gasteiger partial charge in [-0.3, -0.25) is 4.98 Å². The number of pyridine rings is 1. The maximum Gasteiger partial charge on any atom is 0.416 e. The van der Waals surface area contributed by atoms with E-state index in [1.54, 1.807) is 12.4 Å². The number of anilines is 1. The predicted molar refractivity (Wildman–Crippen MR) is 135 cm³/mol. The molecule has 3 aromatic rings. The topological polar surface area (TPSA) is 52.3 Å². The average Bonchev–Trinajstić information content (AvgIpc) is 2.83. The van der Waals surface area contributed by atoms with Crippen LogP contribution >= 0.6 is 11.8 Å². The fraction of sp³-hybridized carbons (Fsp3) is 0.222. The Labute approximate surface area is 206 Å². The Morgan fingerprint density at radius 3 is 2.49 bits per heavy atom. The van der Waals surface area contributed by atoms with Crippen molar-refractivity contribution < 1.29 is 13.2 Å². The lowest BCUT2D eigenvalue weighted by Crippen LogP contribution is -2.22. The first-order valence-corrected chi connectivity index (χ1v) is 11.8. The second-order valence-corrected chi connectivity index (χ2v) is 9.91. The van der Waals surface area contributed by atoms with Crippen molar-refractivity contribution in [3.05, 3.63) is 90.5 Å². The molecule has 0 unspecified atom stereocenters. The lowest BCUT2D eigenvalue weighted by Gasteiger charge is -2.26. The first-order chi connectivity index (χ1) is 16.6. The fourth-order valence-corrected chi connectivity index (χ4v) is 4.35. The monoisotopic (exact) mass is 492 g/mol. The van der Waals surface area contributed by atoms with Gasteiger partial charge in [0.15, 0.2) is 0 Å². The van der Waals surface area contributed by atoms with Crippen molar-refractivity contribution >= 4 is 33.4 Å². The van der Waals surface area contributed by atoms with Gasteiger partial charge in [-0.25, -0.2) is 4.99 Å². The average molecular weight is 493 g/mol. The van der Waals surface area contributed by atoms with Crippen molar-refractivity contribution in [2.45, 2.75) is 37.8 Å². The summed E-state index contributed by atoms with van der Waals surface area (Å²) >= 11 is 1.26. The van der Waals surface area contributed by atoms with Gasteiger partial charge in [-0.15, -0.1) is 0 Å². The van der Waals surface area contributed by atoms with E-state index in [0.29, 0.717) is 15.6 Å². The van der Waals surface area contributed by atoms with Crippen LogP contribution in [-0.4, -0.2) is 10.0 Å². The Hall–Kier alpha value is -3.57. The zero-order chi connectivity index (χ0) is 25.2. The molecule has 0 spiro atoms. The van der Waals surface area contributed by atoms with E-state index in [4.69, 9.17) is 4.98 Å². The number of nitriles is 1. The summed E-state index contributed by atoms with van der Waals surface area (Å²) in [6, 6.07) is 17.2. The standard InChI is InChI=1S/C27H23F3N4S/c1-18-25(35-23-9-5-20(6-10-23)27(28,29)30)32-14-15-34(18)22-8-11-24-19(16-22)4-7-21(33-24)12-13-26(2,3)17-31/h4-11,14-16H,1,12-13H2,2-3H3. The van der Waals surface area contributed by atoms with Crippen LogP contribution in [-0.2, 0) is 12.6 Å². The minimum absolute atomic E-state index is 0.390. The van der Waals surface area contributed by atoms with E-state index in [2.05, 4.69) is 17.6 Å². The van der Waals surface area contributed by atoms with Gasteiger partial charge >= 0.3 is 6.18 Å². The largest absolute Gasteiger partial charge is 0.416 e. The van der Waals surface area contributed by atoms with Crippen LogP contribution in [0.15, 0.2) is 89.2 Å². The Morgan fingerprint density at radius 1 is 1.06 bits per heavy atom. The Kier molecular flexibility index (Phi) is 6.73. The molecule has 35 heavy (non-hydrogen) atoms. The number of aromatic nitrogens is 1. The van der Waals surface area contributed by atoms with Crippen molar-refractivity contribution in [3.63, 3.8) is 0 Å². The van der Waals surface area contributed by atoms with E-state index in [1.807, 2.05) is 49.1 Å². The van der Waals surface area contributed by atoms with E-state index in [1.165, 1.54) is 23.9 Å². The summed E-state index contributed by atoms with van der Waals surface area (Å²) in [6.45, 7) is 8.00. The molecule has 0 fully saturated rings. The summed E-state index contributed by atoms with van der Waals surface area (Å²) in [7, 11) is 0. The van der Waals surface area contributed by atoms with Crippen LogP contribution in [0.1, 0.15) is 31.5 Å². The quantitative estimate of drug-likeness (QED) is 0.366. The summed E-state index contributed by atoms with van der Waals surface area (Å²) in [5.74, 6) is 0. The van der Waals surface area contributed by atoms with Crippen LogP contribution in [0, 0.1) is 16.7 Å². The molecule has 0 amide bonds.